The van der Waals surface area contributed by atoms with E-state index in [2.05, 4.69) is 0 Å². The second-order valence-corrected chi connectivity index (χ2v) is 7.09. The molecule has 32 heavy (non-hydrogen) atoms. The van der Waals surface area contributed by atoms with Gasteiger partial charge in [-0.05, 0) is 42.0 Å². The molecule has 8 heteroatoms. The first kappa shape index (κ1) is 21.0. The maximum Gasteiger partial charge on any atom is 0.300 e. The molecule has 6 nitrogen and oxygen atoms in total. The van der Waals surface area contributed by atoms with Crippen molar-refractivity contribution in [3.05, 3.63) is 95.1 Å². The van der Waals surface area contributed by atoms with Crippen molar-refractivity contribution < 1.29 is 33.3 Å². The highest BCUT2D eigenvalue weighted by Crippen LogP contribution is 2.43. The van der Waals surface area contributed by atoms with Crippen LogP contribution in [0.15, 0.2) is 72.3 Å². The first-order valence-corrected chi connectivity index (χ1v) is 9.51. The van der Waals surface area contributed by atoms with Gasteiger partial charge < -0.3 is 14.9 Å². The first-order valence-electron chi connectivity index (χ1n) is 9.51. The summed E-state index contributed by atoms with van der Waals surface area (Å²) in [5.41, 5.74) is -0.396. The van der Waals surface area contributed by atoms with Crippen molar-refractivity contribution in [1.29, 1.82) is 0 Å². The quantitative estimate of drug-likeness (QED) is 0.361. The molecule has 1 fully saturated rings. The van der Waals surface area contributed by atoms with Crippen molar-refractivity contribution in [1.82, 2.24) is 0 Å². The third kappa shape index (κ3) is 3.56. The number of hydrogen-bond acceptors (Lipinski definition) is 5. The Kier molecular flexibility index (Phi) is 5.36. The van der Waals surface area contributed by atoms with Crippen molar-refractivity contribution >= 4 is 23.1 Å². The van der Waals surface area contributed by atoms with E-state index >= 15 is 0 Å². The number of amides is 1. The van der Waals surface area contributed by atoms with E-state index < -0.39 is 40.8 Å². The maximum absolute atomic E-state index is 14.6. The largest absolute Gasteiger partial charge is 0.508 e. The van der Waals surface area contributed by atoms with Crippen LogP contribution in [0, 0.1) is 11.6 Å². The van der Waals surface area contributed by atoms with Gasteiger partial charge in [0.15, 0.2) is 0 Å². The molecule has 1 aliphatic rings. The third-order valence-electron chi connectivity index (χ3n) is 5.14. The van der Waals surface area contributed by atoms with E-state index in [1.165, 1.54) is 43.5 Å². The molecule has 0 aromatic heterocycles. The molecule has 1 saturated heterocycles. The Bertz CT molecular complexity index is 1270. The summed E-state index contributed by atoms with van der Waals surface area (Å²) in [5, 5.41) is 21.0. The van der Waals surface area contributed by atoms with Gasteiger partial charge >= 0.3 is 0 Å². The minimum Gasteiger partial charge on any atom is -0.508 e. The number of aliphatic hydroxyl groups is 1. The molecule has 2 N–H and O–H groups in total. The molecular formula is C24H17F2NO5. The van der Waals surface area contributed by atoms with Gasteiger partial charge in [-0.15, -0.1) is 0 Å². The van der Waals surface area contributed by atoms with Crippen LogP contribution in [0.4, 0.5) is 14.5 Å². The summed E-state index contributed by atoms with van der Waals surface area (Å²) in [6.45, 7) is 0. The highest BCUT2D eigenvalue weighted by atomic mass is 19.1. The summed E-state index contributed by atoms with van der Waals surface area (Å²) >= 11 is 0. The number of Topliss-reactive ketones (excluding diaryl/α,β-unsaturated/α-hetero) is 1. The number of halogens is 2. The zero-order valence-corrected chi connectivity index (χ0v) is 16.8. The summed E-state index contributed by atoms with van der Waals surface area (Å²) in [7, 11) is 1.43. The van der Waals surface area contributed by atoms with Gasteiger partial charge in [0, 0.05) is 11.6 Å². The number of phenolic OH excluding ortho intramolecular Hbond substituents is 1. The van der Waals surface area contributed by atoms with Gasteiger partial charge in [0.25, 0.3) is 11.7 Å². The van der Waals surface area contributed by atoms with Crippen LogP contribution in [0.2, 0.25) is 0 Å². The lowest BCUT2D eigenvalue weighted by Gasteiger charge is -2.26. The molecule has 1 aliphatic heterocycles. The van der Waals surface area contributed by atoms with Gasteiger partial charge in [0.2, 0.25) is 0 Å². The molecule has 1 heterocycles. The minimum atomic E-state index is -1.32. The molecule has 1 amide bonds. The number of carbonyl (C=O) groups is 2. The second-order valence-electron chi connectivity index (χ2n) is 7.09. The van der Waals surface area contributed by atoms with Crippen molar-refractivity contribution in [3.63, 3.8) is 0 Å². The van der Waals surface area contributed by atoms with Crippen LogP contribution in [0.5, 0.6) is 11.5 Å². The van der Waals surface area contributed by atoms with Gasteiger partial charge in [-0.2, -0.15) is 0 Å². The van der Waals surface area contributed by atoms with Gasteiger partial charge in [0.05, 0.1) is 24.4 Å². The predicted molar refractivity (Wildman–Crippen MR) is 112 cm³/mol. The van der Waals surface area contributed by atoms with Crippen molar-refractivity contribution in [2.75, 3.05) is 12.0 Å². The Labute approximate surface area is 181 Å². The fraction of sp³-hybridized carbons (Fsp3) is 0.0833. The molecule has 0 saturated carbocycles. The molecule has 4 rings (SSSR count). The Morgan fingerprint density at radius 2 is 1.75 bits per heavy atom. The number of aromatic hydroxyl groups is 1. The van der Waals surface area contributed by atoms with Crippen LogP contribution in [0.1, 0.15) is 17.2 Å². The molecule has 0 spiro atoms. The number of carbonyl (C=O) groups excluding carboxylic acids is 2. The van der Waals surface area contributed by atoms with Crippen LogP contribution in [0.3, 0.4) is 0 Å². The standard InChI is InChI=1S/C24H17F2NO5/c1-32-17-7-3-5-14(11-17)22(29)20-21(13-4-2-6-16(28)10-13)27(24(31)23(20)30)19-12-15(25)8-9-18(19)26/h2-12,21,28-29H,1H3/b22-20+. The topological polar surface area (TPSA) is 87.1 Å². The fourth-order valence-corrected chi connectivity index (χ4v) is 3.69. The Balaban J connectivity index is 1.99. The van der Waals surface area contributed by atoms with E-state index in [4.69, 9.17) is 4.74 Å². The summed E-state index contributed by atoms with van der Waals surface area (Å²) < 4.78 is 33.7. The molecule has 0 aliphatic carbocycles. The second kappa shape index (κ2) is 8.14. The van der Waals surface area contributed by atoms with Crippen LogP contribution < -0.4 is 9.64 Å². The van der Waals surface area contributed by atoms with Crippen molar-refractivity contribution in [3.8, 4) is 11.5 Å². The number of anilines is 1. The average molecular weight is 437 g/mol. The summed E-state index contributed by atoms with van der Waals surface area (Å²) in [6, 6.07) is 13.0. The van der Waals surface area contributed by atoms with E-state index in [0.29, 0.717) is 5.75 Å². The Morgan fingerprint density at radius 3 is 2.47 bits per heavy atom. The van der Waals surface area contributed by atoms with Crippen molar-refractivity contribution in [2.45, 2.75) is 6.04 Å². The monoisotopic (exact) mass is 437 g/mol. The highest BCUT2D eigenvalue weighted by molar-refractivity contribution is 6.51. The zero-order valence-electron chi connectivity index (χ0n) is 16.8. The zero-order chi connectivity index (χ0) is 23.0. The normalized spacial score (nSPS) is 17.6. The minimum absolute atomic E-state index is 0.172. The van der Waals surface area contributed by atoms with Crippen molar-refractivity contribution in [2.24, 2.45) is 0 Å². The lowest BCUT2D eigenvalue weighted by molar-refractivity contribution is -0.132. The van der Waals surface area contributed by atoms with Gasteiger partial charge in [-0.1, -0.05) is 24.3 Å². The lowest BCUT2D eigenvalue weighted by atomic mass is 9.95. The number of methoxy groups -OCH3 is 1. The fourth-order valence-electron chi connectivity index (χ4n) is 3.69. The molecule has 1 unspecified atom stereocenters. The van der Waals surface area contributed by atoms with E-state index in [-0.39, 0.29) is 22.4 Å². The maximum atomic E-state index is 14.6. The first-order chi connectivity index (χ1) is 15.3. The number of phenols is 1. The van der Waals surface area contributed by atoms with E-state index in [1.54, 1.807) is 12.1 Å². The summed E-state index contributed by atoms with van der Waals surface area (Å²) in [6.07, 6.45) is 0. The molecule has 1 atom stereocenters. The number of ketones is 1. The number of nitrogens with zero attached hydrogens (tertiary/aromatic N) is 1. The summed E-state index contributed by atoms with van der Waals surface area (Å²) in [4.78, 5) is 26.7. The summed E-state index contributed by atoms with van der Waals surface area (Å²) in [5.74, 6) is -4.27. The Hall–Kier alpha value is -4.20. The lowest BCUT2D eigenvalue weighted by Crippen LogP contribution is -2.30. The van der Waals surface area contributed by atoms with Crippen LogP contribution >= 0.6 is 0 Å². The molecule has 0 radical (unpaired) electrons. The number of ether oxygens (including phenoxy) is 1. The van der Waals surface area contributed by atoms with Crippen LogP contribution in [-0.4, -0.2) is 29.0 Å². The molecule has 162 valence electrons. The molecule has 0 bridgehead atoms. The SMILES string of the molecule is COc1cccc(/C(O)=C2\C(=O)C(=O)N(c3cc(F)ccc3F)C2c2cccc(O)c2)c1. The molecular weight excluding hydrogens is 420 g/mol. The number of hydrogen-bond donors (Lipinski definition) is 2. The highest BCUT2D eigenvalue weighted by Gasteiger charge is 2.48. The average Bonchev–Trinajstić information content (AvgIpc) is 3.05. The number of rotatable bonds is 4. The van der Waals surface area contributed by atoms with E-state index in [0.717, 1.165) is 23.1 Å². The smallest absolute Gasteiger partial charge is 0.300 e. The van der Waals surface area contributed by atoms with Crippen LogP contribution in [0.25, 0.3) is 5.76 Å². The van der Waals surface area contributed by atoms with E-state index in [1.807, 2.05) is 0 Å². The number of benzene rings is 3. The molecule has 3 aromatic carbocycles. The van der Waals surface area contributed by atoms with E-state index in [9.17, 15) is 28.6 Å². The Morgan fingerprint density at radius 1 is 1.00 bits per heavy atom. The van der Waals surface area contributed by atoms with Gasteiger partial charge in [-0.25, -0.2) is 8.78 Å². The number of aliphatic hydroxyl groups excluding tert-OH is 1. The predicted octanol–water partition coefficient (Wildman–Crippen LogP) is 4.31. The molecule has 3 aromatic rings. The van der Waals surface area contributed by atoms with Gasteiger partial charge in [-0.3, -0.25) is 14.5 Å². The third-order valence-corrected chi connectivity index (χ3v) is 5.14. The van der Waals surface area contributed by atoms with Gasteiger partial charge in [0.1, 0.15) is 28.9 Å². The van der Waals surface area contributed by atoms with Crippen LogP contribution in [-0.2, 0) is 9.59 Å².